The van der Waals surface area contributed by atoms with Crippen molar-refractivity contribution >= 4 is 258 Å². The minimum Gasteiger partial charge on any atom is -0.354 e. The number of hydrogen-bond acceptors (Lipinski definition) is 6. The molecule has 0 aliphatic heterocycles. The van der Waals surface area contributed by atoms with Gasteiger partial charge in [0, 0.05) is 169 Å². The maximum atomic E-state index is 5.27. The molecule has 0 saturated carbocycles. The Labute approximate surface area is 852 Å². The lowest BCUT2D eigenvalue weighted by Crippen LogP contribution is -2.06. The number of thiophene rings is 3. The molecule has 23 aromatic carbocycles. The van der Waals surface area contributed by atoms with Gasteiger partial charge in [-0.2, -0.15) is 9.97 Å². The molecule has 10 aromatic heterocycles. The van der Waals surface area contributed by atoms with E-state index in [9.17, 15) is 0 Å². The zero-order valence-corrected chi connectivity index (χ0v) is 81.4. The standard InChI is InChI=1S/C51H31N5S.C46H28N2S.C38H22N2S/c1-3-11-31(12-4-1)33-19-23-35(24-20-33)49-53-50(36-25-21-34(22-26-36)32-13-5-2-6-14-32)55-51(54-49)56-43-18-10-8-16-38(43)40-29-41-46(30-44(40)56)57-45-28-27-39-37-15-7-9-17-42(37)52-48(39)47(41)45;1-2-13-34(14-3-1)48-41-16-7-6-15-35(41)38-26-39-44(27-42(38)48)49-43-22-20-36-37-25-33(19-21-40(37)47-46(36)45(39)43)31-12-8-11-30(24-31)32-18-17-28-9-4-5-10-29(28)23-32;1-3-11-24-22(8-1)10-7-15-32(24)40-33-21-35-30(20-29(33)28-17-16-23-9-2-4-12-25(23)38(28)40)36-34(41-35)19-18-27-26-13-5-6-14-31(26)39-37(27)36/h1-30,52H;1-27,47H;1-21,39H. The van der Waals surface area contributed by atoms with E-state index in [2.05, 4.69) is 490 Å². The van der Waals surface area contributed by atoms with Crippen molar-refractivity contribution in [2.24, 2.45) is 0 Å². The van der Waals surface area contributed by atoms with E-state index >= 15 is 0 Å². The summed E-state index contributed by atoms with van der Waals surface area (Å²) < 4.78 is 14.9. The Balaban J connectivity index is 0.000000101. The van der Waals surface area contributed by atoms with Gasteiger partial charge < -0.3 is 24.1 Å². The first-order chi connectivity index (χ1) is 72.8. The summed E-state index contributed by atoms with van der Waals surface area (Å²) in [6.07, 6.45) is 0. The highest BCUT2D eigenvalue weighted by Gasteiger charge is 2.27. The lowest BCUT2D eigenvalue weighted by molar-refractivity contribution is 0.954. The third-order valence-electron chi connectivity index (χ3n) is 30.4. The first-order valence-corrected chi connectivity index (χ1v) is 52.3. The van der Waals surface area contributed by atoms with Gasteiger partial charge >= 0.3 is 0 Å². The largest absolute Gasteiger partial charge is 0.354 e. The molecule has 0 amide bonds. The Morgan fingerprint density at radius 2 is 0.544 bits per heavy atom. The van der Waals surface area contributed by atoms with Gasteiger partial charge in [-0.25, -0.2) is 4.98 Å². The fourth-order valence-electron chi connectivity index (χ4n) is 23.6. The van der Waals surface area contributed by atoms with E-state index in [1.807, 2.05) is 46.1 Å². The number of fused-ring (bicyclic) bond motifs is 34. The van der Waals surface area contributed by atoms with Gasteiger partial charge in [0.2, 0.25) is 5.95 Å². The molecule has 0 unspecified atom stereocenters. The van der Waals surface area contributed by atoms with Gasteiger partial charge in [-0.05, 0) is 187 Å². The van der Waals surface area contributed by atoms with Gasteiger partial charge in [-0.3, -0.25) is 4.57 Å². The molecule has 0 radical (unpaired) electrons. The SMILES string of the molecule is c1ccc(-c2ccc(-c3nc(-c4ccc(-c5ccccc5)cc4)nc(-n4c5ccccc5c5cc6c(cc54)sc4ccc5c7ccccc7[nH]c5c46)n3)cc2)cc1.c1ccc(-n2c3ccccc3c3cc4c(cc32)sc2ccc3c5cc(-c6cccc(-c7ccc8ccccc8c7)c6)ccc5[nH]c3c24)cc1.c1ccc2c(-n3c4cc5sc6ccc7c8ccccc8[nH]c7c6c5cc4c4ccc5ccccc5c43)cccc2c1. The first kappa shape index (κ1) is 83.0. The van der Waals surface area contributed by atoms with Crippen LogP contribution >= 0.6 is 34.0 Å². The Hall–Kier alpha value is -18.7. The molecule has 147 heavy (non-hydrogen) atoms. The number of aromatic amines is 3. The van der Waals surface area contributed by atoms with Crippen molar-refractivity contribution in [3.05, 3.63) is 473 Å². The van der Waals surface area contributed by atoms with Crippen LogP contribution in [0.5, 0.6) is 0 Å². The van der Waals surface area contributed by atoms with Gasteiger partial charge in [0.05, 0.1) is 55.3 Å². The molecule has 10 heterocycles. The second kappa shape index (κ2) is 32.9. The number of benzene rings is 23. The summed E-state index contributed by atoms with van der Waals surface area (Å²) in [5, 5.41) is 30.4. The molecule has 12 heteroatoms. The molecular weight excluding hydrogens is 1840 g/mol. The summed E-state index contributed by atoms with van der Waals surface area (Å²) in [5.41, 5.74) is 28.1. The number of rotatable bonds is 9. The summed E-state index contributed by atoms with van der Waals surface area (Å²) in [6, 6.07) is 171. The molecule has 9 nitrogen and oxygen atoms in total. The van der Waals surface area contributed by atoms with Crippen LogP contribution in [0.25, 0.3) is 308 Å². The average Bonchev–Trinajstić information content (AvgIpc) is 1.58. The van der Waals surface area contributed by atoms with E-state index < -0.39 is 0 Å². The topological polar surface area (TPSA) is 101 Å². The number of nitrogens with one attached hydrogen (secondary N) is 3. The van der Waals surface area contributed by atoms with Crippen LogP contribution in [0.4, 0.5) is 0 Å². The van der Waals surface area contributed by atoms with Gasteiger partial charge in [0.15, 0.2) is 11.6 Å². The normalized spacial score (nSPS) is 12.1. The summed E-state index contributed by atoms with van der Waals surface area (Å²) in [7, 11) is 0. The molecule has 33 aromatic rings. The van der Waals surface area contributed by atoms with Gasteiger partial charge in [-0.1, -0.05) is 352 Å². The minimum absolute atomic E-state index is 0.582. The summed E-state index contributed by atoms with van der Waals surface area (Å²) in [4.78, 5) is 27.0. The van der Waals surface area contributed by atoms with Crippen molar-refractivity contribution < 1.29 is 0 Å². The van der Waals surface area contributed by atoms with E-state index in [0.29, 0.717) is 17.6 Å². The maximum absolute atomic E-state index is 5.27. The van der Waals surface area contributed by atoms with Gasteiger partial charge in [0.1, 0.15) is 0 Å². The molecule has 0 aliphatic carbocycles. The third-order valence-corrected chi connectivity index (χ3v) is 33.8. The lowest BCUT2D eigenvalue weighted by atomic mass is 9.96. The predicted octanol–water partition coefficient (Wildman–Crippen LogP) is 38.0. The highest BCUT2D eigenvalue weighted by atomic mass is 32.1. The molecule has 0 fully saturated rings. The Morgan fingerprint density at radius 1 is 0.177 bits per heavy atom. The second-order valence-corrected chi connectivity index (χ2v) is 41.8. The van der Waals surface area contributed by atoms with E-state index in [1.54, 1.807) is 0 Å². The van der Waals surface area contributed by atoms with Crippen LogP contribution in [0.2, 0.25) is 0 Å². The average molecular weight is 1930 g/mol. The number of H-pyrrole nitrogens is 3. The van der Waals surface area contributed by atoms with Crippen molar-refractivity contribution in [1.82, 2.24) is 43.6 Å². The van der Waals surface area contributed by atoms with E-state index in [-0.39, 0.29) is 0 Å². The molecule has 0 saturated heterocycles. The Kier molecular flexibility index (Phi) is 18.6. The maximum Gasteiger partial charge on any atom is 0.238 e. The molecular formula is C135H81N9S3. The van der Waals surface area contributed by atoms with Crippen molar-refractivity contribution in [2.75, 3.05) is 0 Å². The van der Waals surface area contributed by atoms with Gasteiger partial charge in [-0.15, -0.1) is 34.0 Å². The third kappa shape index (κ3) is 13.3. The predicted molar refractivity (Wildman–Crippen MR) is 628 cm³/mol. The molecule has 684 valence electrons. The molecule has 33 rings (SSSR count). The van der Waals surface area contributed by atoms with Crippen LogP contribution in [-0.4, -0.2) is 43.6 Å². The Morgan fingerprint density at radius 3 is 1.10 bits per heavy atom. The number of para-hydroxylation sites is 5. The van der Waals surface area contributed by atoms with Crippen molar-refractivity contribution in [1.29, 1.82) is 0 Å². The van der Waals surface area contributed by atoms with E-state index in [1.165, 1.54) is 236 Å². The molecule has 0 aliphatic rings. The van der Waals surface area contributed by atoms with Crippen molar-refractivity contribution in [3.8, 4) is 84.6 Å². The summed E-state index contributed by atoms with van der Waals surface area (Å²) in [5.74, 6) is 1.83. The summed E-state index contributed by atoms with van der Waals surface area (Å²) in [6.45, 7) is 0. The first-order valence-electron chi connectivity index (χ1n) is 49.9. The zero-order valence-electron chi connectivity index (χ0n) is 78.9. The molecule has 0 bridgehead atoms. The lowest BCUT2D eigenvalue weighted by Gasteiger charge is -2.13. The van der Waals surface area contributed by atoms with E-state index in [4.69, 9.17) is 15.0 Å². The Bertz CT molecular complexity index is 11200. The van der Waals surface area contributed by atoms with Crippen LogP contribution in [-0.2, 0) is 0 Å². The zero-order chi connectivity index (χ0) is 96.2. The highest BCUT2D eigenvalue weighted by Crippen LogP contribution is 2.51. The number of hydrogen-bond donors (Lipinski definition) is 3. The quantitative estimate of drug-likeness (QED) is 0.134. The fraction of sp³-hybridized carbons (Fsp3) is 0. The molecule has 3 N–H and O–H groups in total. The fourth-order valence-corrected chi connectivity index (χ4v) is 26.9. The van der Waals surface area contributed by atoms with Gasteiger partial charge in [0.25, 0.3) is 0 Å². The number of nitrogens with zero attached hydrogens (tertiary/aromatic N) is 6. The van der Waals surface area contributed by atoms with E-state index in [0.717, 1.165) is 55.1 Å². The minimum atomic E-state index is 0.582. The van der Waals surface area contributed by atoms with Crippen LogP contribution < -0.4 is 0 Å². The van der Waals surface area contributed by atoms with Crippen LogP contribution in [0.3, 0.4) is 0 Å². The molecule has 0 spiro atoms. The summed E-state index contributed by atoms with van der Waals surface area (Å²) >= 11 is 5.60. The monoisotopic (exact) mass is 1920 g/mol. The van der Waals surface area contributed by atoms with Crippen LogP contribution in [0.15, 0.2) is 473 Å². The molecule has 0 atom stereocenters. The van der Waals surface area contributed by atoms with Crippen LogP contribution in [0.1, 0.15) is 0 Å². The van der Waals surface area contributed by atoms with Crippen molar-refractivity contribution in [3.63, 3.8) is 0 Å². The smallest absolute Gasteiger partial charge is 0.238 e. The van der Waals surface area contributed by atoms with Crippen LogP contribution in [0, 0.1) is 0 Å². The highest BCUT2D eigenvalue weighted by molar-refractivity contribution is 7.27. The van der Waals surface area contributed by atoms with Crippen molar-refractivity contribution in [2.45, 2.75) is 0 Å². The number of aromatic nitrogens is 9. The second-order valence-electron chi connectivity index (χ2n) is 38.6.